The molecule has 1 fully saturated rings. The van der Waals surface area contributed by atoms with Crippen molar-refractivity contribution in [3.63, 3.8) is 0 Å². The molecular formula is C19H16ClNO3S2. The van der Waals surface area contributed by atoms with Crippen LogP contribution < -0.4 is 9.47 Å². The summed E-state index contributed by atoms with van der Waals surface area (Å²) in [6.07, 6.45) is 1.80. The van der Waals surface area contributed by atoms with Gasteiger partial charge in [0.1, 0.15) is 10.9 Å². The van der Waals surface area contributed by atoms with Crippen LogP contribution in [0.4, 0.5) is 0 Å². The zero-order valence-corrected chi connectivity index (χ0v) is 16.6. The maximum Gasteiger partial charge on any atom is 0.265 e. The van der Waals surface area contributed by atoms with Crippen molar-refractivity contribution in [2.75, 3.05) is 14.2 Å². The Hall–Kier alpha value is -2.02. The van der Waals surface area contributed by atoms with Crippen LogP contribution in [0.1, 0.15) is 11.1 Å². The lowest BCUT2D eigenvalue weighted by molar-refractivity contribution is -0.121. The van der Waals surface area contributed by atoms with Crippen LogP contribution in [0.2, 0.25) is 5.02 Å². The molecule has 0 N–H and O–H groups in total. The number of benzene rings is 2. The number of carbonyl (C=O) groups excluding carboxylic acids is 1. The predicted molar refractivity (Wildman–Crippen MR) is 110 cm³/mol. The molecule has 0 saturated carbocycles. The summed E-state index contributed by atoms with van der Waals surface area (Å²) in [5.74, 6) is 1.13. The maximum atomic E-state index is 12.1. The minimum Gasteiger partial charge on any atom is -0.493 e. The Labute approximate surface area is 166 Å². The number of carbonyl (C=O) groups is 1. The molecule has 7 heteroatoms. The lowest BCUT2D eigenvalue weighted by atomic mass is 10.2. The van der Waals surface area contributed by atoms with Crippen molar-refractivity contribution in [1.29, 1.82) is 0 Å². The van der Waals surface area contributed by atoms with Gasteiger partial charge >= 0.3 is 0 Å². The van der Waals surface area contributed by atoms with Crippen molar-refractivity contribution >= 4 is 51.9 Å². The molecule has 26 heavy (non-hydrogen) atoms. The van der Waals surface area contributed by atoms with Crippen LogP contribution in [-0.2, 0) is 11.4 Å². The molecule has 0 atom stereocenters. The zero-order chi connectivity index (χ0) is 18.7. The van der Waals surface area contributed by atoms with Gasteiger partial charge in [0.2, 0.25) is 0 Å². The highest BCUT2D eigenvalue weighted by molar-refractivity contribution is 8.26. The number of nitrogens with zero attached hydrogens (tertiary/aromatic N) is 1. The normalized spacial score (nSPS) is 15.7. The summed E-state index contributed by atoms with van der Waals surface area (Å²) in [6, 6.07) is 13.0. The Kier molecular flexibility index (Phi) is 5.86. The van der Waals surface area contributed by atoms with E-state index in [1.54, 1.807) is 20.2 Å². The number of rotatable bonds is 5. The lowest BCUT2D eigenvalue weighted by Gasteiger charge is -2.11. The largest absolute Gasteiger partial charge is 0.493 e. The number of methoxy groups -OCH3 is 1. The Balaban J connectivity index is 1.76. The van der Waals surface area contributed by atoms with Gasteiger partial charge < -0.3 is 9.47 Å². The van der Waals surface area contributed by atoms with E-state index in [4.69, 9.17) is 33.3 Å². The molecule has 1 aliphatic rings. The van der Waals surface area contributed by atoms with Crippen molar-refractivity contribution in [1.82, 2.24) is 4.90 Å². The van der Waals surface area contributed by atoms with Crippen LogP contribution in [0, 0.1) is 0 Å². The van der Waals surface area contributed by atoms with Crippen molar-refractivity contribution in [2.45, 2.75) is 6.61 Å². The Bertz CT molecular complexity index is 881. The molecule has 2 aromatic rings. The van der Waals surface area contributed by atoms with Gasteiger partial charge in [0.15, 0.2) is 11.5 Å². The maximum absolute atomic E-state index is 12.1. The SMILES string of the molecule is COc1cc(C=C2SC(=S)N(C)C2=O)ccc1OCc1ccc(Cl)cc1. The highest BCUT2D eigenvalue weighted by atomic mass is 35.5. The lowest BCUT2D eigenvalue weighted by Crippen LogP contribution is -2.22. The van der Waals surface area contributed by atoms with E-state index in [1.165, 1.54) is 16.7 Å². The van der Waals surface area contributed by atoms with Crippen molar-refractivity contribution in [3.8, 4) is 11.5 Å². The molecule has 0 aromatic heterocycles. The zero-order valence-electron chi connectivity index (χ0n) is 14.2. The summed E-state index contributed by atoms with van der Waals surface area (Å²) >= 11 is 12.3. The number of amides is 1. The number of ether oxygens (including phenoxy) is 2. The van der Waals surface area contributed by atoms with Crippen molar-refractivity contribution in [3.05, 3.63) is 63.5 Å². The molecule has 1 heterocycles. The van der Waals surface area contributed by atoms with Gasteiger partial charge in [0, 0.05) is 12.1 Å². The van der Waals surface area contributed by atoms with Crippen LogP contribution in [0.25, 0.3) is 6.08 Å². The Morgan fingerprint density at radius 3 is 2.54 bits per heavy atom. The average Bonchev–Trinajstić information content (AvgIpc) is 2.88. The third-order valence-corrected chi connectivity index (χ3v) is 5.52. The fourth-order valence-corrected chi connectivity index (χ4v) is 3.64. The van der Waals surface area contributed by atoms with Crippen molar-refractivity contribution < 1.29 is 14.3 Å². The Morgan fingerprint density at radius 2 is 1.92 bits per heavy atom. The summed E-state index contributed by atoms with van der Waals surface area (Å²) in [7, 11) is 3.26. The smallest absolute Gasteiger partial charge is 0.265 e. The van der Waals surface area contributed by atoms with E-state index in [2.05, 4.69) is 0 Å². The highest BCUT2D eigenvalue weighted by Crippen LogP contribution is 2.34. The molecule has 0 radical (unpaired) electrons. The van der Waals surface area contributed by atoms with Crippen LogP contribution in [0.15, 0.2) is 47.4 Å². The first-order valence-corrected chi connectivity index (χ1v) is 9.35. The van der Waals surface area contributed by atoms with E-state index in [0.717, 1.165) is 11.1 Å². The minimum absolute atomic E-state index is 0.0953. The van der Waals surface area contributed by atoms with Gasteiger partial charge in [-0.1, -0.05) is 53.8 Å². The summed E-state index contributed by atoms with van der Waals surface area (Å²) in [5.41, 5.74) is 1.85. The molecule has 0 spiro atoms. The second-order valence-electron chi connectivity index (χ2n) is 5.57. The third-order valence-electron chi connectivity index (χ3n) is 3.78. The molecule has 1 amide bonds. The van der Waals surface area contributed by atoms with E-state index < -0.39 is 0 Å². The molecule has 0 bridgehead atoms. The number of thiocarbonyl (C=S) groups is 1. The van der Waals surface area contributed by atoms with Gasteiger partial charge in [-0.3, -0.25) is 9.69 Å². The third kappa shape index (κ3) is 4.20. The average molecular weight is 406 g/mol. The summed E-state index contributed by atoms with van der Waals surface area (Å²) in [5, 5.41) is 0.688. The predicted octanol–water partition coefficient (Wildman–Crippen LogP) is 4.76. The van der Waals surface area contributed by atoms with E-state index in [1.807, 2.05) is 42.5 Å². The molecule has 3 rings (SSSR count). The topological polar surface area (TPSA) is 38.8 Å². The quantitative estimate of drug-likeness (QED) is 0.529. The van der Waals surface area contributed by atoms with E-state index in [9.17, 15) is 4.79 Å². The molecule has 134 valence electrons. The standard InChI is InChI=1S/C19H16ClNO3S2/c1-21-18(22)17(26-19(21)25)10-13-5-8-15(16(9-13)23-2)24-11-12-3-6-14(20)7-4-12/h3-10H,11H2,1-2H3. The van der Waals surface area contributed by atoms with Gasteiger partial charge in [-0.15, -0.1) is 0 Å². The van der Waals surface area contributed by atoms with Gasteiger partial charge in [0.25, 0.3) is 5.91 Å². The number of halogens is 1. The molecule has 0 aliphatic carbocycles. The van der Waals surface area contributed by atoms with E-state index in [0.29, 0.717) is 32.4 Å². The Morgan fingerprint density at radius 1 is 1.19 bits per heavy atom. The molecule has 1 aliphatic heterocycles. The fourth-order valence-electron chi connectivity index (χ4n) is 2.33. The van der Waals surface area contributed by atoms with Gasteiger partial charge in [0.05, 0.1) is 12.0 Å². The number of likely N-dealkylation sites (N-methyl/N-ethyl adjacent to an activating group) is 1. The van der Waals surface area contributed by atoms with Crippen LogP contribution in [0.5, 0.6) is 11.5 Å². The second kappa shape index (κ2) is 8.12. The first-order chi connectivity index (χ1) is 12.5. The number of hydrogen-bond acceptors (Lipinski definition) is 5. The fraction of sp³-hybridized carbons (Fsp3) is 0.158. The minimum atomic E-state index is -0.0953. The van der Waals surface area contributed by atoms with Crippen LogP contribution >= 0.6 is 35.6 Å². The van der Waals surface area contributed by atoms with Gasteiger partial charge in [-0.25, -0.2) is 0 Å². The van der Waals surface area contributed by atoms with E-state index in [-0.39, 0.29) is 5.91 Å². The highest BCUT2D eigenvalue weighted by Gasteiger charge is 2.28. The number of hydrogen-bond donors (Lipinski definition) is 0. The molecule has 1 saturated heterocycles. The second-order valence-corrected chi connectivity index (χ2v) is 7.68. The monoisotopic (exact) mass is 405 g/mol. The first kappa shape index (κ1) is 18.8. The van der Waals surface area contributed by atoms with Crippen LogP contribution in [-0.4, -0.2) is 29.3 Å². The van der Waals surface area contributed by atoms with Crippen molar-refractivity contribution in [2.24, 2.45) is 0 Å². The van der Waals surface area contributed by atoms with E-state index >= 15 is 0 Å². The van der Waals surface area contributed by atoms with Crippen LogP contribution in [0.3, 0.4) is 0 Å². The molecular weight excluding hydrogens is 390 g/mol. The molecule has 4 nitrogen and oxygen atoms in total. The molecule has 2 aromatic carbocycles. The summed E-state index contributed by atoms with van der Waals surface area (Å²) < 4.78 is 11.8. The molecule has 0 unspecified atom stereocenters. The first-order valence-electron chi connectivity index (χ1n) is 7.75. The summed E-state index contributed by atoms with van der Waals surface area (Å²) in [4.78, 5) is 14.2. The summed E-state index contributed by atoms with van der Waals surface area (Å²) in [6.45, 7) is 0.404. The number of thioether (sulfide) groups is 1. The van der Waals surface area contributed by atoms with Gasteiger partial charge in [-0.05, 0) is 41.5 Å². The van der Waals surface area contributed by atoms with Gasteiger partial charge in [-0.2, -0.15) is 0 Å².